The fraction of sp³-hybridized carbons (Fsp3) is 0.538. The maximum Gasteiger partial charge on any atom is 0.134 e. The van der Waals surface area contributed by atoms with Crippen molar-refractivity contribution in [2.24, 2.45) is 5.92 Å². The highest BCUT2D eigenvalue weighted by Gasteiger charge is 2.10. The zero-order valence-electron chi connectivity index (χ0n) is 10.1. The van der Waals surface area contributed by atoms with Gasteiger partial charge in [-0.1, -0.05) is 38.4 Å². The highest BCUT2D eigenvalue weighted by molar-refractivity contribution is 6.32. The van der Waals surface area contributed by atoms with E-state index in [1.807, 2.05) is 6.07 Å². The van der Waals surface area contributed by atoms with Crippen LogP contribution in [0.5, 0.6) is 5.75 Å². The third-order valence-electron chi connectivity index (χ3n) is 2.83. The molecule has 0 aliphatic rings. The number of hydrogen-bond acceptors (Lipinski definition) is 2. The normalized spacial score (nSPS) is 13.1. The van der Waals surface area contributed by atoms with Gasteiger partial charge in [-0.15, -0.1) is 0 Å². The molecule has 1 aromatic carbocycles. The molecule has 0 fully saturated rings. The van der Waals surface area contributed by atoms with E-state index in [-0.39, 0.29) is 5.75 Å². The minimum Gasteiger partial charge on any atom is -0.506 e. The van der Waals surface area contributed by atoms with E-state index in [9.17, 15) is 5.11 Å². The van der Waals surface area contributed by atoms with Crippen molar-refractivity contribution in [3.63, 3.8) is 0 Å². The second kappa shape index (κ2) is 6.12. The van der Waals surface area contributed by atoms with Crippen molar-refractivity contribution in [3.8, 4) is 5.75 Å². The van der Waals surface area contributed by atoms with E-state index in [4.69, 9.17) is 11.6 Å². The standard InChI is InChI=1S/C13H20ClNO/c1-4-12(9(2)3)15-8-10-5-6-13(16)11(14)7-10/h5-7,9,12,15-16H,4,8H2,1-3H3. The Balaban J connectivity index is 2.57. The summed E-state index contributed by atoms with van der Waals surface area (Å²) in [5, 5.41) is 13.2. The molecular weight excluding hydrogens is 222 g/mol. The summed E-state index contributed by atoms with van der Waals surface area (Å²) in [5.41, 5.74) is 1.10. The van der Waals surface area contributed by atoms with Crippen molar-refractivity contribution in [1.82, 2.24) is 5.32 Å². The molecule has 0 saturated heterocycles. The molecule has 0 amide bonds. The van der Waals surface area contributed by atoms with Gasteiger partial charge in [0.25, 0.3) is 0 Å². The minimum atomic E-state index is 0.140. The van der Waals surface area contributed by atoms with Crippen LogP contribution in [0.4, 0.5) is 0 Å². The summed E-state index contributed by atoms with van der Waals surface area (Å²) in [5.74, 6) is 0.763. The predicted molar refractivity (Wildman–Crippen MR) is 68.9 cm³/mol. The Hall–Kier alpha value is -0.730. The van der Waals surface area contributed by atoms with Crippen LogP contribution in [0.15, 0.2) is 18.2 Å². The molecule has 2 nitrogen and oxygen atoms in total. The van der Waals surface area contributed by atoms with Crippen LogP contribution in [0, 0.1) is 5.92 Å². The van der Waals surface area contributed by atoms with Crippen molar-refractivity contribution in [3.05, 3.63) is 28.8 Å². The summed E-state index contributed by atoms with van der Waals surface area (Å²) < 4.78 is 0. The molecule has 0 spiro atoms. The largest absolute Gasteiger partial charge is 0.506 e. The molecule has 0 radical (unpaired) electrons. The SMILES string of the molecule is CCC(NCc1ccc(O)c(Cl)c1)C(C)C. The second-order valence-electron chi connectivity index (χ2n) is 4.43. The Morgan fingerprint density at radius 2 is 2.06 bits per heavy atom. The maximum atomic E-state index is 9.30. The third-order valence-corrected chi connectivity index (χ3v) is 3.13. The summed E-state index contributed by atoms with van der Waals surface area (Å²) in [6.45, 7) is 7.40. The molecule has 1 atom stereocenters. The zero-order chi connectivity index (χ0) is 12.1. The number of phenolic OH excluding ortho intramolecular Hbond substituents is 1. The number of hydrogen-bond donors (Lipinski definition) is 2. The van der Waals surface area contributed by atoms with Gasteiger partial charge in [0.05, 0.1) is 5.02 Å². The molecule has 0 saturated carbocycles. The molecule has 1 rings (SSSR count). The lowest BCUT2D eigenvalue weighted by atomic mass is 10.0. The van der Waals surface area contributed by atoms with Crippen molar-refractivity contribution in [1.29, 1.82) is 0 Å². The van der Waals surface area contributed by atoms with Gasteiger partial charge in [0.2, 0.25) is 0 Å². The number of nitrogens with one attached hydrogen (secondary N) is 1. The van der Waals surface area contributed by atoms with E-state index in [1.54, 1.807) is 12.1 Å². The van der Waals surface area contributed by atoms with Crippen molar-refractivity contribution in [2.45, 2.75) is 39.8 Å². The highest BCUT2D eigenvalue weighted by atomic mass is 35.5. The van der Waals surface area contributed by atoms with Gasteiger partial charge in [-0.3, -0.25) is 0 Å². The first kappa shape index (κ1) is 13.3. The summed E-state index contributed by atoms with van der Waals surface area (Å²) >= 11 is 5.85. The van der Waals surface area contributed by atoms with Crippen LogP contribution in [0.25, 0.3) is 0 Å². The van der Waals surface area contributed by atoms with Crippen LogP contribution >= 0.6 is 11.6 Å². The topological polar surface area (TPSA) is 32.3 Å². The molecule has 0 aliphatic heterocycles. The molecule has 2 N–H and O–H groups in total. The van der Waals surface area contributed by atoms with E-state index in [1.165, 1.54) is 0 Å². The van der Waals surface area contributed by atoms with Gasteiger partial charge in [-0.05, 0) is 30.0 Å². The maximum absolute atomic E-state index is 9.30. The molecular formula is C13H20ClNO. The van der Waals surface area contributed by atoms with Crippen LogP contribution in [-0.4, -0.2) is 11.1 Å². The first-order chi connectivity index (χ1) is 7.54. The van der Waals surface area contributed by atoms with Gasteiger partial charge >= 0.3 is 0 Å². The van der Waals surface area contributed by atoms with Gasteiger partial charge in [0.1, 0.15) is 5.75 Å². The van der Waals surface area contributed by atoms with Gasteiger partial charge in [0.15, 0.2) is 0 Å². The molecule has 16 heavy (non-hydrogen) atoms. The first-order valence-corrected chi connectivity index (χ1v) is 6.13. The van der Waals surface area contributed by atoms with E-state index >= 15 is 0 Å². The van der Waals surface area contributed by atoms with E-state index < -0.39 is 0 Å². The van der Waals surface area contributed by atoms with Gasteiger partial charge in [0, 0.05) is 12.6 Å². The fourth-order valence-corrected chi connectivity index (χ4v) is 1.96. The van der Waals surface area contributed by atoms with Crippen LogP contribution < -0.4 is 5.32 Å². The lowest BCUT2D eigenvalue weighted by molar-refractivity contribution is 0.387. The molecule has 0 aliphatic carbocycles. The zero-order valence-corrected chi connectivity index (χ0v) is 10.9. The highest BCUT2D eigenvalue weighted by Crippen LogP contribution is 2.23. The molecule has 0 heterocycles. The summed E-state index contributed by atoms with van der Waals surface area (Å²) in [6.07, 6.45) is 1.11. The lowest BCUT2D eigenvalue weighted by Crippen LogP contribution is -2.32. The average molecular weight is 242 g/mol. The van der Waals surface area contributed by atoms with Crippen molar-refractivity contribution >= 4 is 11.6 Å². The summed E-state index contributed by atoms with van der Waals surface area (Å²) in [6, 6.07) is 5.85. The van der Waals surface area contributed by atoms with E-state index in [0.29, 0.717) is 17.0 Å². The molecule has 1 unspecified atom stereocenters. The minimum absolute atomic E-state index is 0.140. The number of benzene rings is 1. The Kier molecular flexibility index (Phi) is 5.10. The second-order valence-corrected chi connectivity index (χ2v) is 4.83. The fourth-order valence-electron chi connectivity index (χ4n) is 1.76. The molecule has 3 heteroatoms. The number of phenols is 1. The quantitative estimate of drug-likeness (QED) is 0.826. The van der Waals surface area contributed by atoms with Crippen LogP contribution in [0.3, 0.4) is 0 Å². The average Bonchev–Trinajstić information content (AvgIpc) is 2.23. The van der Waals surface area contributed by atoms with Gasteiger partial charge in [-0.2, -0.15) is 0 Å². The Morgan fingerprint density at radius 3 is 2.56 bits per heavy atom. The van der Waals surface area contributed by atoms with Crippen LogP contribution in [0.2, 0.25) is 5.02 Å². The first-order valence-electron chi connectivity index (χ1n) is 5.75. The Morgan fingerprint density at radius 1 is 1.38 bits per heavy atom. The molecule has 1 aromatic rings. The monoisotopic (exact) mass is 241 g/mol. The predicted octanol–water partition coefficient (Wildman–Crippen LogP) is 3.57. The number of rotatable bonds is 5. The van der Waals surface area contributed by atoms with Gasteiger partial charge in [-0.25, -0.2) is 0 Å². The smallest absolute Gasteiger partial charge is 0.134 e. The van der Waals surface area contributed by atoms with E-state index in [0.717, 1.165) is 18.5 Å². The lowest BCUT2D eigenvalue weighted by Gasteiger charge is -2.20. The van der Waals surface area contributed by atoms with Crippen LogP contribution in [0.1, 0.15) is 32.8 Å². The molecule has 0 aromatic heterocycles. The number of halogens is 1. The van der Waals surface area contributed by atoms with Crippen molar-refractivity contribution in [2.75, 3.05) is 0 Å². The van der Waals surface area contributed by atoms with E-state index in [2.05, 4.69) is 26.1 Å². The Labute approximate surface area is 103 Å². The third kappa shape index (κ3) is 3.69. The van der Waals surface area contributed by atoms with Gasteiger partial charge < -0.3 is 10.4 Å². The number of aromatic hydroxyl groups is 1. The summed E-state index contributed by atoms with van der Waals surface area (Å²) in [7, 11) is 0. The molecule has 0 bridgehead atoms. The summed E-state index contributed by atoms with van der Waals surface area (Å²) in [4.78, 5) is 0. The van der Waals surface area contributed by atoms with Crippen LogP contribution in [-0.2, 0) is 6.54 Å². The van der Waals surface area contributed by atoms with Crippen molar-refractivity contribution < 1.29 is 5.11 Å². The Bertz CT molecular complexity index is 339. The molecule has 90 valence electrons.